The molecule has 2 bridgehead atoms. The molecule has 10 N–H and O–H groups in total. The molecule has 5 amide bonds. The maximum atomic E-state index is 13.6. The number of aliphatic hydroxyl groups is 1. The molecule has 0 aromatic heterocycles. The van der Waals surface area contributed by atoms with Crippen LogP contribution in [0.25, 0.3) is 0 Å². The van der Waals surface area contributed by atoms with Gasteiger partial charge in [0, 0.05) is 17.1 Å². The Labute approximate surface area is 351 Å². The number of nitrogens with two attached hydrogens (primary N) is 2. The van der Waals surface area contributed by atoms with Gasteiger partial charge in [0.1, 0.15) is 35.7 Å². The molecule has 0 spiro atoms. The molecule has 4 fully saturated rings. The van der Waals surface area contributed by atoms with Gasteiger partial charge in [0.05, 0.1) is 23.8 Å². The minimum atomic E-state index is -1.52. The fourth-order valence-corrected chi connectivity index (χ4v) is 8.51. The van der Waals surface area contributed by atoms with Crippen molar-refractivity contribution in [1.29, 1.82) is 0 Å². The van der Waals surface area contributed by atoms with Gasteiger partial charge in [-0.05, 0) is 132 Å². The van der Waals surface area contributed by atoms with Crippen LogP contribution < -0.4 is 42.8 Å². The summed E-state index contributed by atoms with van der Waals surface area (Å²) in [7, 11) is -0.657. The molecule has 6 rings (SSSR count). The lowest BCUT2D eigenvalue weighted by atomic mass is 9.43. The Morgan fingerprint density at radius 2 is 1.46 bits per heavy atom. The standard InChI is InChI=1S/C41H59BClN7O9/c1-22(35(52)48-30(9-7-8-18-44)37(54)47-24(3)42-58-33-20-26-19-32(40(26,4)5)41(33,6)59-42)46-39(56)34(23(2)51)50-38(55)31(21-45)49-36(53)25-10-14-28(15-11-25)57-29-16-12-27(43)13-17-29/h10-17,22-24,26,30-34,51H,7-9,18-21,44-45H2,1-6H3,(H,46,56)(H,47,54)(H,48,52)(H,49,53)(H,50,55)/t22-,23+,24-,26-,30-,31-,32-,33+,34-,41-/m0/s1. The Hall–Kier alpha value is -4.26. The molecule has 16 nitrogen and oxygen atoms in total. The third-order valence-electron chi connectivity index (χ3n) is 12.2. The summed E-state index contributed by atoms with van der Waals surface area (Å²) in [5, 5.41) is 24.2. The van der Waals surface area contributed by atoms with Gasteiger partial charge in [0.2, 0.25) is 23.6 Å². The van der Waals surface area contributed by atoms with Crippen LogP contribution in [0.3, 0.4) is 0 Å². The van der Waals surface area contributed by atoms with Crippen LogP contribution >= 0.6 is 11.6 Å². The molecule has 2 aromatic carbocycles. The molecule has 18 heteroatoms. The van der Waals surface area contributed by atoms with Gasteiger partial charge < -0.3 is 57.2 Å². The number of hydrogen-bond donors (Lipinski definition) is 8. The second-order valence-corrected chi connectivity index (χ2v) is 17.2. The second-order valence-electron chi connectivity index (χ2n) is 16.8. The van der Waals surface area contributed by atoms with Gasteiger partial charge >= 0.3 is 7.12 Å². The smallest absolute Gasteiger partial charge is 0.457 e. The van der Waals surface area contributed by atoms with E-state index in [1.165, 1.54) is 26.0 Å². The number of carbonyl (C=O) groups is 5. The van der Waals surface area contributed by atoms with Crippen molar-refractivity contribution in [2.45, 2.75) is 122 Å². The zero-order chi connectivity index (χ0) is 43.2. The second kappa shape index (κ2) is 19.4. The van der Waals surface area contributed by atoms with Crippen molar-refractivity contribution in [3.63, 3.8) is 0 Å². The first-order valence-corrected chi connectivity index (χ1v) is 20.7. The highest BCUT2D eigenvalue weighted by atomic mass is 35.5. The average molecular weight is 840 g/mol. The fraction of sp³-hybridized carbons (Fsp3) is 0.585. The summed E-state index contributed by atoms with van der Waals surface area (Å²) < 4.78 is 18.6. The third kappa shape index (κ3) is 10.7. The number of ether oxygens (including phenoxy) is 1. The van der Waals surface area contributed by atoms with Gasteiger partial charge in [-0.1, -0.05) is 25.4 Å². The average Bonchev–Trinajstić information content (AvgIpc) is 3.57. The van der Waals surface area contributed by atoms with Crippen LogP contribution in [0, 0.1) is 17.3 Å². The first-order chi connectivity index (χ1) is 27.9. The van der Waals surface area contributed by atoms with Gasteiger partial charge in [-0.3, -0.25) is 24.0 Å². The zero-order valence-corrected chi connectivity index (χ0v) is 35.3. The molecule has 0 radical (unpaired) electrons. The van der Waals surface area contributed by atoms with Gasteiger partial charge in [0.15, 0.2) is 0 Å². The molecule has 2 aromatic rings. The van der Waals surface area contributed by atoms with Crippen LogP contribution in [0.4, 0.5) is 0 Å². The normalized spacial score (nSPS) is 24.4. The Bertz CT molecular complexity index is 1820. The number of rotatable bonds is 19. The first-order valence-electron chi connectivity index (χ1n) is 20.3. The molecule has 322 valence electrons. The predicted molar refractivity (Wildman–Crippen MR) is 222 cm³/mol. The summed E-state index contributed by atoms with van der Waals surface area (Å²) in [5.41, 5.74) is 11.5. The summed E-state index contributed by atoms with van der Waals surface area (Å²) in [5.74, 6) is -2.02. The number of aliphatic hydroxyl groups excluding tert-OH is 1. The molecule has 59 heavy (non-hydrogen) atoms. The van der Waals surface area contributed by atoms with Crippen molar-refractivity contribution in [3.8, 4) is 11.5 Å². The Morgan fingerprint density at radius 3 is 2.05 bits per heavy atom. The lowest BCUT2D eigenvalue weighted by Crippen LogP contribution is -2.65. The number of carbonyl (C=O) groups excluding carboxylic acids is 5. The van der Waals surface area contributed by atoms with Crippen LogP contribution in [-0.2, 0) is 28.5 Å². The Balaban J connectivity index is 1.13. The minimum absolute atomic E-state index is 0.0606. The van der Waals surface area contributed by atoms with Crippen molar-refractivity contribution in [2.24, 2.45) is 28.7 Å². The van der Waals surface area contributed by atoms with Crippen molar-refractivity contribution in [1.82, 2.24) is 26.6 Å². The molecule has 1 aliphatic heterocycles. The van der Waals surface area contributed by atoms with Gasteiger partial charge in [-0.15, -0.1) is 0 Å². The molecule has 10 atom stereocenters. The summed E-state index contributed by atoms with van der Waals surface area (Å²) in [4.78, 5) is 66.7. The van der Waals surface area contributed by atoms with Crippen molar-refractivity contribution < 1.29 is 43.1 Å². The molecule has 1 heterocycles. The Kier molecular flexibility index (Phi) is 15.1. The summed E-state index contributed by atoms with van der Waals surface area (Å²) >= 11 is 5.92. The lowest BCUT2D eigenvalue weighted by molar-refractivity contribution is -0.199. The number of hydrogen-bond acceptors (Lipinski definition) is 11. The zero-order valence-electron chi connectivity index (χ0n) is 34.6. The van der Waals surface area contributed by atoms with Gasteiger partial charge in [-0.25, -0.2) is 0 Å². The molecular formula is C41H59BClN7O9. The predicted octanol–water partition coefficient (Wildman–Crippen LogP) is 1.95. The topological polar surface area (TPSA) is 245 Å². The summed E-state index contributed by atoms with van der Waals surface area (Å²) in [6.07, 6.45) is 2.00. The van der Waals surface area contributed by atoms with E-state index in [0.29, 0.717) is 47.7 Å². The van der Waals surface area contributed by atoms with Gasteiger partial charge in [0.25, 0.3) is 5.91 Å². The van der Waals surface area contributed by atoms with E-state index in [1.54, 1.807) is 36.4 Å². The molecule has 4 aliphatic rings. The van der Waals surface area contributed by atoms with Crippen molar-refractivity contribution >= 4 is 48.3 Å². The molecule has 3 aliphatic carbocycles. The maximum absolute atomic E-state index is 13.6. The highest BCUT2D eigenvalue weighted by Gasteiger charge is 2.68. The fourth-order valence-electron chi connectivity index (χ4n) is 8.38. The third-order valence-corrected chi connectivity index (χ3v) is 12.4. The van der Waals surface area contributed by atoms with Crippen LogP contribution in [0.2, 0.25) is 5.02 Å². The van der Waals surface area contributed by atoms with Crippen molar-refractivity contribution in [2.75, 3.05) is 13.1 Å². The number of nitrogens with one attached hydrogen (secondary N) is 5. The monoisotopic (exact) mass is 839 g/mol. The van der Waals surface area contributed by atoms with Crippen LogP contribution in [-0.4, -0.2) is 103 Å². The number of halogens is 1. The molecule has 0 unspecified atom stereocenters. The summed E-state index contributed by atoms with van der Waals surface area (Å²) in [6, 6.07) is 7.98. The van der Waals surface area contributed by atoms with Crippen LogP contribution in [0.15, 0.2) is 48.5 Å². The summed E-state index contributed by atoms with van der Waals surface area (Å²) in [6.45, 7) is 11.2. The van der Waals surface area contributed by atoms with E-state index < -0.39 is 78.5 Å². The Morgan fingerprint density at radius 1 is 0.831 bits per heavy atom. The van der Waals surface area contributed by atoms with E-state index in [9.17, 15) is 29.1 Å². The molecule has 3 saturated carbocycles. The van der Waals surface area contributed by atoms with Crippen molar-refractivity contribution in [3.05, 3.63) is 59.1 Å². The van der Waals surface area contributed by atoms with E-state index in [-0.39, 0.29) is 30.0 Å². The van der Waals surface area contributed by atoms with E-state index in [0.717, 1.165) is 12.8 Å². The lowest BCUT2D eigenvalue weighted by Gasteiger charge is -2.64. The number of benzene rings is 2. The van der Waals surface area contributed by atoms with E-state index in [4.69, 9.17) is 37.1 Å². The molecular weight excluding hydrogens is 781 g/mol. The maximum Gasteiger partial charge on any atom is 0.481 e. The van der Waals surface area contributed by atoms with Gasteiger partial charge in [-0.2, -0.15) is 0 Å². The largest absolute Gasteiger partial charge is 0.481 e. The molecule has 1 saturated heterocycles. The highest BCUT2D eigenvalue weighted by Crippen LogP contribution is 2.65. The van der Waals surface area contributed by atoms with Crippen LogP contribution in [0.1, 0.15) is 84.0 Å². The minimum Gasteiger partial charge on any atom is -0.457 e. The SMILES string of the molecule is C[C@H](NC(=O)[C@H](CCCCN)NC(=O)[C@H](C)NC(=O)[C@@H](NC(=O)[C@H](CN)NC(=O)c1ccc(Oc2ccc(Cl)cc2)cc1)[C@@H](C)O)B1O[C@@H]2C[C@@H]3C[C@@H](C3(C)C)[C@]2(C)O1. The van der Waals surface area contributed by atoms with E-state index in [2.05, 4.69) is 47.4 Å². The first kappa shape index (κ1) is 45.8. The quantitative estimate of drug-likeness (QED) is 0.0751. The van der Waals surface area contributed by atoms with Crippen LogP contribution in [0.5, 0.6) is 11.5 Å². The van der Waals surface area contributed by atoms with E-state index in [1.807, 2.05) is 6.92 Å². The number of amides is 5. The van der Waals surface area contributed by atoms with E-state index >= 15 is 0 Å². The highest BCUT2D eigenvalue weighted by molar-refractivity contribution is 6.47. The number of unbranched alkanes of at least 4 members (excludes halogenated alkanes) is 1.